The number of nitrogens with zero attached hydrogens (tertiary/aromatic N) is 3. The zero-order valence-electron chi connectivity index (χ0n) is 25.2. The number of pyridine rings is 1. The molecule has 2 saturated heterocycles. The molecular weight excluding hydrogens is 520 g/mol. The average Bonchev–Trinajstić information content (AvgIpc) is 3.37. The van der Waals surface area contributed by atoms with Crippen molar-refractivity contribution in [1.82, 2.24) is 20.1 Å². The van der Waals surface area contributed by atoms with E-state index in [-0.39, 0.29) is 18.6 Å². The van der Waals surface area contributed by atoms with Crippen LogP contribution in [0.25, 0.3) is 22.2 Å². The van der Waals surface area contributed by atoms with Crippen molar-refractivity contribution in [2.24, 2.45) is 0 Å². The van der Waals surface area contributed by atoms with Crippen LogP contribution in [0, 0.1) is 0 Å². The number of ether oxygens (including phenoxy) is 4. The minimum atomic E-state index is -0.670. The van der Waals surface area contributed by atoms with Crippen LogP contribution in [-0.4, -0.2) is 46.0 Å². The molecule has 2 aromatic heterocycles. The maximum Gasteiger partial charge on any atom is 0.408 e. The van der Waals surface area contributed by atoms with E-state index < -0.39 is 17.2 Å². The lowest BCUT2D eigenvalue weighted by molar-refractivity contribution is -0.185. The molecule has 2 aliphatic rings. The van der Waals surface area contributed by atoms with Crippen molar-refractivity contribution in [1.29, 1.82) is 0 Å². The standard InChI is InChI=1S/C32H44N4O5/c1-21(40-28-12-8-10-18-39-28)29-23(14-16-26-24(29)20-36(35-26)27-11-7-9-17-38-27)25-15-13-22(19-33-25)32(5,6)34-30(37)41-31(2,3)4/h13-16,19-21,27-28H,7-12,17-18H2,1-6H3,(H,34,37). The molecule has 3 atom stereocenters. The van der Waals surface area contributed by atoms with Crippen LogP contribution >= 0.6 is 0 Å². The summed E-state index contributed by atoms with van der Waals surface area (Å²) in [6, 6.07) is 8.12. The van der Waals surface area contributed by atoms with E-state index in [2.05, 4.69) is 24.5 Å². The smallest absolute Gasteiger partial charge is 0.408 e. The highest BCUT2D eigenvalue weighted by molar-refractivity contribution is 5.89. The lowest BCUT2D eigenvalue weighted by atomic mass is 9.93. The molecule has 0 saturated carbocycles. The van der Waals surface area contributed by atoms with E-state index >= 15 is 0 Å². The van der Waals surface area contributed by atoms with Gasteiger partial charge in [0, 0.05) is 42.1 Å². The van der Waals surface area contributed by atoms with E-state index in [9.17, 15) is 4.79 Å². The number of nitrogens with one attached hydrogen (secondary N) is 1. The minimum Gasteiger partial charge on any atom is -0.444 e. The topological polar surface area (TPSA) is 96.7 Å². The molecule has 1 N–H and O–H groups in total. The van der Waals surface area contributed by atoms with Crippen LogP contribution in [0.2, 0.25) is 0 Å². The van der Waals surface area contributed by atoms with Gasteiger partial charge in [0.25, 0.3) is 0 Å². The number of carbonyl (C=O) groups is 1. The monoisotopic (exact) mass is 564 g/mol. The SMILES string of the molecule is CC(OC1CCCCO1)c1c(-c2ccc(C(C)(C)NC(=O)OC(C)(C)C)cn2)ccc2nn(C3CCCCO3)cc12. The van der Waals surface area contributed by atoms with E-state index in [1.54, 1.807) is 0 Å². The number of amides is 1. The van der Waals surface area contributed by atoms with Gasteiger partial charge in [-0.15, -0.1) is 0 Å². The second-order valence-electron chi connectivity index (χ2n) is 12.6. The van der Waals surface area contributed by atoms with Gasteiger partial charge in [0.15, 0.2) is 6.29 Å². The summed E-state index contributed by atoms with van der Waals surface area (Å²) in [6.45, 7) is 13.0. The van der Waals surface area contributed by atoms with E-state index in [0.29, 0.717) is 0 Å². The Hall–Kier alpha value is -3.01. The highest BCUT2D eigenvalue weighted by Crippen LogP contribution is 2.38. The molecule has 41 heavy (non-hydrogen) atoms. The number of aromatic nitrogens is 3. The Morgan fingerprint density at radius 3 is 2.41 bits per heavy atom. The zero-order valence-corrected chi connectivity index (χ0v) is 25.2. The van der Waals surface area contributed by atoms with Crippen LogP contribution in [0.4, 0.5) is 4.79 Å². The first-order chi connectivity index (χ1) is 19.5. The van der Waals surface area contributed by atoms with Crippen LogP contribution in [0.5, 0.6) is 0 Å². The first-order valence-corrected chi connectivity index (χ1v) is 14.9. The number of alkyl carbamates (subject to hydrolysis) is 1. The Bertz CT molecular complexity index is 1330. The van der Waals surface area contributed by atoms with Gasteiger partial charge in [-0.05, 0) is 97.8 Å². The minimum absolute atomic E-state index is 0.0533. The highest BCUT2D eigenvalue weighted by Gasteiger charge is 2.28. The lowest BCUT2D eigenvalue weighted by Gasteiger charge is -2.29. The van der Waals surface area contributed by atoms with Crippen molar-refractivity contribution in [3.63, 3.8) is 0 Å². The van der Waals surface area contributed by atoms with E-state index in [1.165, 1.54) is 0 Å². The Balaban J connectivity index is 1.47. The van der Waals surface area contributed by atoms with Gasteiger partial charge in [0.05, 0.1) is 22.9 Å². The molecule has 222 valence electrons. The molecule has 0 aliphatic carbocycles. The van der Waals surface area contributed by atoms with Crippen LogP contribution in [-0.2, 0) is 24.5 Å². The molecule has 0 bridgehead atoms. The zero-order chi connectivity index (χ0) is 29.2. The largest absolute Gasteiger partial charge is 0.444 e. The molecule has 5 rings (SSSR count). The molecule has 1 aromatic carbocycles. The van der Waals surface area contributed by atoms with Crippen molar-refractivity contribution in [2.75, 3.05) is 13.2 Å². The Morgan fingerprint density at radius 1 is 1.02 bits per heavy atom. The average molecular weight is 565 g/mol. The number of fused-ring (bicyclic) bond motifs is 1. The third kappa shape index (κ3) is 7.08. The maximum absolute atomic E-state index is 12.5. The molecule has 3 aromatic rings. The number of hydrogen-bond donors (Lipinski definition) is 1. The van der Waals surface area contributed by atoms with E-state index in [1.807, 2.05) is 63.7 Å². The van der Waals surface area contributed by atoms with Crippen LogP contribution < -0.4 is 5.32 Å². The van der Waals surface area contributed by atoms with Crippen molar-refractivity contribution >= 4 is 17.0 Å². The third-order valence-corrected chi connectivity index (χ3v) is 7.67. The fraction of sp³-hybridized carbons (Fsp3) is 0.594. The molecule has 2 aliphatic heterocycles. The molecule has 2 fully saturated rings. The number of benzene rings is 1. The lowest BCUT2D eigenvalue weighted by Crippen LogP contribution is -2.43. The first kappa shape index (κ1) is 29.5. The van der Waals surface area contributed by atoms with Gasteiger partial charge in [-0.25, -0.2) is 9.48 Å². The van der Waals surface area contributed by atoms with Gasteiger partial charge in [0.1, 0.15) is 11.8 Å². The second kappa shape index (κ2) is 12.1. The van der Waals surface area contributed by atoms with Crippen molar-refractivity contribution in [3.05, 3.63) is 47.8 Å². The van der Waals surface area contributed by atoms with Gasteiger partial charge < -0.3 is 24.3 Å². The predicted octanol–water partition coefficient (Wildman–Crippen LogP) is 7.16. The van der Waals surface area contributed by atoms with Crippen molar-refractivity contribution in [3.8, 4) is 11.3 Å². The molecule has 3 unspecified atom stereocenters. The highest BCUT2D eigenvalue weighted by atomic mass is 16.7. The fourth-order valence-electron chi connectivity index (χ4n) is 5.54. The summed E-state index contributed by atoms with van der Waals surface area (Å²) in [5.41, 5.74) is 3.36. The molecule has 9 nitrogen and oxygen atoms in total. The van der Waals surface area contributed by atoms with Gasteiger partial charge in [-0.1, -0.05) is 12.1 Å². The Labute approximate surface area is 242 Å². The molecule has 0 spiro atoms. The van der Waals surface area contributed by atoms with E-state index in [0.717, 1.165) is 85.0 Å². The van der Waals surface area contributed by atoms with Crippen LogP contribution in [0.15, 0.2) is 36.7 Å². The van der Waals surface area contributed by atoms with Crippen LogP contribution in [0.3, 0.4) is 0 Å². The number of rotatable bonds is 7. The summed E-state index contributed by atoms with van der Waals surface area (Å²) in [5.74, 6) is 0. The first-order valence-electron chi connectivity index (χ1n) is 14.9. The quantitative estimate of drug-likeness (QED) is 0.325. The summed E-state index contributed by atoms with van der Waals surface area (Å²) >= 11 is 0. The molecule has 0 radical (unpaired) electrons. The van der Waals surface area contributed by atoms with Gasteiger partial charge in [-0.3, -0.25) is 4.98 Å². The fourth-order valence-corrected chi connectivity index (χ4v) is 5.54. The summed E-state index contributed by atoms with van der Waals surface area (Å²) in [5, 5.41) is 8.88. The second-order valence-corrected chi connectivity index (χ2v) is 12.6. The van der Waals surface area contributed by atoms with Crippen molar-refractivity contribution < 1.29 is 23.7 Å². The van der Waals surface area contributed by atoms with E-state index in [4.69, 9.17) is 29.0 Å². The number of hydrogen-bond acceptors (Lipinski definition) is 7. The van der Waals surface area contributed by atoms with Crippen molar-refractivity contribution in [2.45, 2.75) is 110 Å². The van der Waals surface area contributed by atoms with Gasteiger partial charge in [-0.2, -0.15) is 5.10 Å². The molecular formula is C32H44N4O5. The molecule has 1 amide bonds. The molecule has 9 heteroatoms. The molecule has 4 heterocycles. The third-order valence-electron chi connectivity index (χ3n) is 7.67. The maximum atomic E-state index is 12.5. The summed E-state index contributed by atoms with van der Waals surface area (Å²) in [4.78, 5) is 17.3. The Kier molecular flexibility index (Phi) is 8.68. The normalized spacial score (nSPS) is 21.0. The summed E-state index contributed by atoms with van der Waals surface area (Å²) < 4.78 is 25.9. The van der Waals surface area contributed by atoms with Gasteiger partial charge in [0.2, 0.25) is 0 Å². The summed E-state index contributed by atoms with van der Waals surface area (Å²) in [6.07, 6.45) is 9.14. The Morgan fingerprint density at radius 2 is 1.78 bits per heavy atom. The van der Waals surface area contributed by atoms with Gasteiger partial charge >= 0.3 is 6.09 Å². The number of carbonyl (C=O) groups excluding carboxylic acids is 1. The summed E-state index contributed by atoms with van der Waals surface area (Å²) in [7, 11) is 0. The van der Waals surface area contributed by atoms with Crippen LogP contribution in [0.1, 0.15) is 104 Å². The predicted molar refractivity (Wildman–Crippen MR) is 157 cm³/mol.